The van der Waals surface area contributed by atoms with Crippen LogP contribution in [-0.2, 0) is 6.54 Å². The molecular weight excluding hydrogens is 443 g/mol. The highest BCUT2D eigenvalue weighted by Crippen LogP contribution is 2.33. The average molecular weight is 465 g/mol. The molecule has 8 nitrogen and oxygen atoms in total. The molecule has 0 aliphatic carbocycles. The molecule has 0 aliphatic heterocycles. The molecule has 1 aromatic carbocycles. The molecule has 6 aromatic rings. The van der Waals surface area contributed by atoms with Crippen LogP contribution in [0.25, 0.3) is 55.8 Å². The molecule has 172 valence electrons. The van der Waals surface area contributed by atoms with Crippen molar-refractivity contribution >= 4 is 22.1 Å². The molecule has 0 spiro atoms. The Labute approximate surface area is 199 Å². The number of aromatic amines is 2. The minimum Gasteiger partial charge on any atom is -0.335 e. The monoisotopic (exact) mass is 464 g/mol. The Balaban J connectivity index is 1.48. The van der Waals surface area contributed by atoms with E-state index in [0.29, 0.717) is 22.6 Å². The van der Waals surface area contributed by atoms with Crippen LogP contribution >= 0.6 is 0 Å². The second-order valence-electron chi connectivity index (χ2n) is 8.66. The highest BCUT2D eigenvalue weighted by atomic mass is 19.1. The van der Waals surface area contributed by atoms with Crippen LogP contribution in [-0.4, -0.2) is 54.1 Å². The van der Waals surface area contributed by atoms with Crippen LogP contribution in [0, 0.1) is 5.82 Å². The summed E-state index contributed by atoms with van der Waals surface area (Å²) in [5, 5.41) is 7.81. The molecule has 0 unspecified atom stereocenters. The highest BCUT2D eigenvalue weighted by Gasteiger charge is 2.18. The summed E-state index contributed by atoms with van der Waals surface area (Å²) in [6.07, 6.45) is 8.80. The lowest BCUT2D eigenvalue weighted by molar-refractivity contribution is 0.402. The van der Waals surface area contributed by atoms with Gasteiger partial charge in [0.25, 0.3) is 0 Å². The number of rotatable bonds is 5. The van der Waals surface area contributed by atoms with Gasteiger partial charge in [0.05, 0.1) is 5.52 Å². The van der Waals surface area contributed by atoms with E-state index in [1.807, 2.05) is 50.6 Å². The van der Waals surface area contributed by atoms with Gasteiger partial charge in [-0.05, 0) is 55.6 Å². The van der Waals surface area contributed by atoms with Gasteiger partial charge in [-0.1, -0.05) is 6.07 Å². The van der Waals surface area contributed by atoms with Gasteiger partial charge in [-0.2, -0.15) is 5.10 Å². The molecule has 0 amide bonds. The van der Waals surface area contributed by atoms with Crippen LogP contribution in [0.2, 0.25) is 0 Å². The molecule has 0 saturated heterocycles. The zero-order valence-corrected chi connectivity index (χ0v) is 19.1. The minimum absolute atomic E-state index is 0.252. The van der Waals surface area contributed by atoms with E-state index in [2.05, 4.69) is 40.0 Å². The largest absolute Gasteiger partial charge is 0.335 e. The van der Waals surface area contributed by atoms with Gasteiger partial charge in [-0.15, -0.1) is 0 Å². The lowest BCUT2D eigenvalue weighted by Gasteiger charge is -2.10. The number of nitrogens with one attached hydrogen (secondary N) is 2. The first-order valence-electron chi connectivity index (χ1n) is 11.1. The summed E-state index contributed by atoms with van der Waals surface area (Å²) in [5.41, 5.74) is 6.65. The molecule has 35 heavy (non-hydrogen) atoms. The number of benzene rings is 1. The van der Waals surface area contributed by atoms with E-state index in [1.54, 1.807) is 24.8 Å². The maximum absolute atomic E-state index is 15.1. The third-order valence-electron chi connectivity index (χ3n) is 5.84. The molecule has 0 bridgehead atoms. The fraction of sp³-hybridized carbons (Fsp3) is 0.115. The van der Waals surface area contributed by atoms with Crippen molar-refractivity contribution in [1.29, 1.82) is 0 Å². The van der Waals surface area contributed by atoms with Crippen molar-refractivity contribution in [3.05, 3.63) is 78.8 Å². The first kappa shape index (κ1) is 21.1. The number of H-pyrrole nitrogens is 2. The van der Waals surface area contributed by atoms with Crippen LogP contribution in [0.15, 0.2) is 67.4 Å². The Morgan fingerprint density at radius 3 is 2.66 bits per heavy atom. The van der Waals surface area contributed by atoms with E-state index < -0.39 is 5.82 Å². The van der Waals surface area contributed by atoms with Crippen LogP contribution < -0.4 is 0 Å². The summed E-state index contributed by atoms with van der Waals surface area (Å²) >= 11 is 0. The van der Waals surface area contributed by atoms with Crippen molar-refractivity contribution in [2.75, 3.05) is 14.1 Å². The standard InChI is InChI=1S/C26H21FN8/c1-35(2)14-15-8-18(13-29-11-15)17-9-20-22(21(27)10-17)33-34-24(20)26-31-23-19(5-7-30-25(23)32-26)16-4-3-6-28-12-16/h3-13H,14H2,1-2H3,(H,33,34)(H,30,31,32). The molecule has 9 heteroatoms. The lowest BCUT2D eigenvalue weighted by Crippen LogP contribution is -2.10. The third kappa shape index (κ3) is 3.81. The van der Waals surface area contributed by atoms with E-state index in [-0.39, 0.29) is 5.52 Å². The van der Waals surface area contributed by atoms with Gasteiger partial charge in [0.2, 0.25) is 0 Å². The number of aromatic nitrogens is 7. The summed E-state index contributed by atoms with van der Waals surface area (Å²) < 4.78 is 15.1. The Morgan fingerprint density at radius 2 is 1.83 bits per heavy atom. The summed E-state index contributed by atoms with van der Waals surface area (Å²) in [7, 11) is 4.00. The molecule has 0 radical (unpaired) electrons. The fourth-order valence-electron chi connectivity index (χ4n) is 4.31. The topological polar surface area (TPSA) is 99.3 Å². The number of fused-ring (bicyclic) bond motifs is 2. The van der Waals surface area contributed by atoms with E-state index >= 15 is 4.39 Å². The summed E-state index contributed by atoms with van der Waals surface area (Å²) in [5.74, 6) is 0.116. The van der Waals surface area contributed by atoms with Gasteiger partial charge in [-0.25, -0.2) is 14.4 Å². The van der Waals surface area contributed by atoms with Crippen LogP contribution in [0.3, 0.4) is 0 Å². The lowest BCUT2D eigenvalue weighted by atomic mass is 10.0. The molecule has 5 heterocycles. The fourth-order valence-corrected chi connectivity index (χ4v) is 4.31. The van der Waals surface area contributed by atoms with Gasteiger partial charge in [0.1, 0.15) is 11.2 Å². The Bertz CT molecular complexity index is 1670. The van der Waals surface area contributed by atoms with Gasteiger partial charge in [-0.3, -0.25) is 15.1 Å². The molecule has 0 fully saturated rings. The number of hydrogen-bond acceptors (Lipinski definition) is 6. The van der Waals surface area contributed by atoms with Crippen molar-refractivity contribution < 1.29 is 4.39 Å². The molecule has 0 saturated carbocycles. The van der Waals surface area contributed by atoms with Crippen LogP contribution in [0.1, 0.15) is 5.56 Å². The van der Waals surface area contributed by atoms with Gasteiger partial charge >= 0.3 is 0 Å². The molecule has 0 atom stereocenters. The quantitative estimate of drug-likeness (QED) is 0.379. The molecule has 6 rings (SSSR count). The van der Waals surface area contributed by atoms with E-state index in [1.165, 1.54) is 6.07 Å². The second-order valence-corrected chi connectivity index (χ2v) is 8.66. The molecular formula is C26H21FN8. The van der Waals surface area contributed by atoms with Crippen LogP contribution in [0.5, 0.6) is 0 Å². The van der Waals surface area contributed by atoms with Gasteiger partial charge in [0.15, 0.2) is 17.3 Å². The van der Waals surface area contributed by atoms with Crippen molar-refractivity contribution in [2.45, 2.75) is 6.54 Å². The predicted octanol–water partition coefficient (Wildman–Crippen LogP) is 4.83. The normalized spacial score (nSPS) is 11.7. The average Bonchev–Trinajstić information content (AvgIpc) is 3.48. The number of hydrogen-bond donors (Lipinski definition) is 2. The number of pyridine rings is 3. The van der Waals surface area contributed by atoms with Crippen molar-refractivity contribution in [3.63, 3.8) is 0 Å². The summed E-state index contributed by atoms with van der Waals surface area (Å²) in [6.45, 7) is 0.744. The summed E-state index contributed by atoms with van der Waals surface area (Å²) in [4.78, 5) is 23.1. The maximum Gasteiger partial charge on any atom is 0.178 e. The van der Waals surface area contributed by atoms with Crippen molar-refractivity contribution in [2.24, 2.45) is 0 Å². The smallest absolute Gasteiger partial charge is 0.178 e. The van der Waals surface area contributed by atoms with Gasteiger partial charge < -0.3 is 9.88 Å². The van der Waals surface area contributed by atoms with Crippen molar-refractivity contribution in [1.82, 2.24) is 40.0 Å². The van der Waals surface area contributed by atoms with Gasteiger partial charge in [0, 0.05) is 59.6 Å². The highest BCUT2D eigenvalue weighted by molar-refractivity contribution is 5.97. The Kier molecular flexibility index (Phi) is 5.04. The predicted molar refractivity (Wildman–Crippen MR) is 133 cm³/mol. The maximum atomic E-state index is 15.1. The molecule has 2 N–H and O–H groups in total. The first-order chi connectivity index (χ1) is 17.1. The van der Waals surface area contributed by atoms with Crippen LogP contribution in [0.4, 0.5) is 4.39 Å². The molecule has 5 aromatic heterocycles. The van der Waals surface area contributed by atoms with E-state index in [4.69, 9.17) is 0 Å². The third-order valence-corrected chi connectivity index (χ3v) is 5.84. The minimum atomic E-state index is -0.414. The number of nitrogens with zero attached hydrogens (tertiary/aromatic N) is 6. The van der Waals surface area contributed by atoms with E-state index in [9.17, 15) is 0 Å². The second kappa shape index (κ2) is 8.37. The zero-order valence-electron chi connectivity index (χ0n) is 19.1. The Hall–Kier alpha value is -4.50. The first-order valence-corrected chi connectivity index (χ1v) is 11.1. The summed E-state index contributed by atoms with van der Waals surface area (Å²) in [6, 6.07) is 11.2. The number of halogens is 1. The van der Waals surface area contributed by atoms with E-state index in [0.717, 1.165) is 39.9 Å². The number of imidazole rings is 1. The Morgan fingerprint density at radius 1 is 0.943 bits per heavy atom. The SMILES string of the molecule is CN(C)Cc1cncc(-c2cc(F)c3n[nH]c(-c4nc5nccc(-c6cccnc6)c5[nH]4)c3c2)c1. The molecule has 0 aliphatic rings. The van der Waals surface area contributed by atoms with Crippen molar-refractivity contribution in [3.8, 4) is 33.8 Å². The zero-order chi connectivity index (χ0) is 23.9.